The number of hydrogen-bond donors (Lipinski definition) is 2. The molecule has 0 bridgehead atoms. The van der Waals surface area contributed by atoms with Crippen molar-refractivity contribution in [3.05, 3.63) is 48.6 Å². The third-order valence-corrected chi connectivity index (χ3v) is 18.7. The highest BCUT2D eigenvalue weighted by molar-refractivity contribution is 7.47. The third kappa shape index (κ3) is 74.9. The van der Waals surface area contributed by atoms with Gasteiger partial charge in [-0.15, -0.1) is 0 Å². The molecule has 2 unspecified atom stereocenters. The van der Waals surface area contributed by atoms with Crippen LogP contribution < -0.4 is 5.73 Å². The van der Waals surface area contributed by atoms with E-state index in [2.05, 4.69) is 62.5 Å². The number of carbonyl (C=O) groups excluding carboxylic acids is 2. The van der Waals surface area contributed by atoms with Crippen molar-refractivity contribution in [1.29, 1.82) is 0 Å². The van der Waals surface area contributed by atoms with Gasteiger partial charge in [-0.1, -0.05) is 396 Å². The molecule has 9 nitrogen and oxygen atoms in total. The van der Waals surface area contributed by atoms with Gasteiger partial charge in [0.2, 0.25) is 0 Å². The van der Waals surface area contributed by atoms with Crippen LogP contribution in [-0.4, -0.2) is 49.3 Å². The van der Waals surface area contributed by atoms with Gasteiger partial charge >= 0.3 is 19.8 Å². The van der Waals surface area contributed by atoms with Crippen LogP contribution in [0.2, 0.25) is 0 Å². The van der Waals surface area contributed by atoms with Crippen LogP contribution in [0.4, 0.5) is 0 Å². The Hall–Kier alpha value is -2.03. The number of carbonyl (C=O) groups is 2. The minimum Gasteiger partial charge on any atom is -0.462 e. The van der Waals surface area contributed by atoms with Crippen molar-refractivity contribution in [2.75, 3.05) is 26.4 Å². The molecule has 3 N–H and O–H groups in total. The summed E-state index contributed by atoms with van der Waals surface area (Å²) in [6.45, 7) is 3.72. The highest BCUT2D eigenvalue weighted by Gasteiger charge is 2.26. The molecular weight excluding hydrogens is 1120 g/mol. The molecule has 0 spiro atoms. The lowest BCUT2D eigenvalue weighted by Crippen LogP contribution is -2.29. The van der Waals surface area contributed by atoms with Gasteiger partial charge in [0, 0.05) is 19.4 Å². The van der Waals surface area contributed by atoms with E-state index in [1.807, 2.05) is 0 Å². The van der Waals surface area contributed by atoms with Crippen LogP contribution >= 0.6 is 7.82 Å². The molecule has 10 heteroatoms. The molecule has 0 aromatic heterocycles. The molecule has 0 radical (unpaired) electrons. The maximum Gasteiger partial charge on any atom is 0.472 e. The first kappa shape index (κ1) is 87.0. The first-order chi connectivity index (χ1) is 43.8. The highest BCUT2D eigenvalue weighted by Crippen LogP contribution is 2.43. The zero-order valence-electron chi connectivity index (χ0n) is 59.2. The van der Waals surface area contributed by atoms with E-state index in [9.17, 15) is 19.0 Å². The Bertz CT molecular complexity index is 1600. The van der Waals surface area contributed by atoms with Crippen LogP contribution in [0, 0.1) is 0 Å². The molecule has 0 saturated carbocycles. The molecule has 0 rings (SSSR count). The number of allylic oxidation sites excluding steroid dienone is 8. The fourth-order valence-electron chi connectivity index (χ4n) is 12.0. The summed E-state index contributed by atoms with van der Waals surface area (Å²) in [5.41, 5.74) is 5.41. The Morgan fingerprint density at radius 3 is 0.921 bits per heavy atom. The quantitative estimate of drug-likeness (QED) is 0.0264. The van der Waals surface area contributed by atoms with Gasteiger partial charge in [-0.25, -0.2) is 4.57 Å². The van der Waals surface area contributed by atoms with Gasteiger partial charge in [0.15, 0.2) is 6.10 Å². The summed E-state index contributed by atoms with van der Waals surface area (Å²) in [5.74, 6) is -0.800. The number of ether oxygens (including phenoxy) is 2. The van der Waals surface area contributed by atoms with Gasteiger partial charge in [-0.2, -0.15) is 0 Å². The van der Waals surface area contributed by atoms with Gasteiger partial charge in [-0.05, 0) is 51.4 Å². The molecule has 0 fully saturated rings. The number of phosphoric ester groups is 1. The Labute approximate surface area is 553 Å². The van der Waals surface area contributed by atoms with Crippen LogP contribution in [0.3, 0.4) is 0 Å². The van der Waals surface area contributed by atoms with E-state index in [1.165, 1.54) is 321 Å². The fourth-order valence-corrected chi connectivity index (χ4v) is 12.8. The molecule has 0 aliphatic heterocycles. The molecule has 0 aliphatic carbocycles. The lowest BCUT2D eigenvalue weighted by atomic mass is 10.0. The number of nitrogens with two attached hydrogens (primary N) is 1. The van der Waals surface area contributed by atoms with Crippen molar-refractivity contribution in [2.24, 2.45) is 5.73 Å². The number of hydrogen-bond acceptors (Lipinski definition) is 8. The minimum absolute atomic E-state index is 0.0569. The maximum absolute atomic E-state index is 12.8. The first-order valence-corrected chi connectivity index (χ1v) is 40.6. The van der Waals surface area contributed by atoms with E-state index in [0.29, 0.717) is 6.42 Å². The van der Waals surface area contributed by atoms with Crippen LogP contribution in [0.25, 0.3) is 0 Å². The second-order valence-electron chi connectivity index (χ2n) is 26.6. The monoisotopic (exact) mass is 1270 g/mol. The zero-order valence-corrected chi connectivity index (χ0v) is 60.1. The van der Waals surface area contributed by atoms with Crippen molar-refractivity contribution >= 4 is 19.8 Å². The van der Waals surface area contributed by atoms with E-state index in [4.69, 9.17) is 24.3 Å². The molecular formula is C79H150NO8P. The van der Waals surface area contributed by atoms with Gasteiger partial charge in [0.1, 0.15) is 6.61 Å². The average Bonchev–Trinajstić information content (AvgIpc) is 3.58. The Kier molecular flexibility index (Phi) is 73.3. The van der Waals surface area contributed by atoms with E-state index >= 15 is 0 Å². The molecule has 0 heterocycles. The molecule has 524 valence electrons. The number of esters is 2. The Balaban J connectivity index is 3.73. The first-order valence-electron chi connectivity index (χ1n) is 39.1. The van der Waals surface area contributed by atoms with E-state index in [-0.39, 0.29) is 38.6 Å². The normalized spacial score (nSPS) is 13.1. The molecule has 0 aromatic carbocycles. The topological polar surface area (TPSA) is 134 Å². The molecule has 0 aliphatic rings. The van der Waals surface area contributed by atoms with Crippen LogP contribution in [0.15, 0.2) is 48.6 Å². The highest BCUT2D eigenvalue weighted by atomic mass is 31.2. The lowest BCUT2D eigenvalue weighted by Gasteiger charge is -2.19. The van der Waals surface area contributed by atoms with Crippen molar-refractivity contribution in [3.8, 4) is 0 Å². The molecule has 0 amide bonds. The maximum atomic E-state index is 12.8. The lowest BCUT2D eigenvalue weighted by molar-refractivity contribution is -0.161. The summed E-state index contributed by atoms with van der Waals surface area (Å²) in [5, 5.41) is 0. The van der Waals surface area contributed by atoms with Gasteiger partial charge in [0.05, 0.1) is 13.2 Å². The van der Waals surface area contributed by atoms with E-state index in [1.54, 1.807) is 0 Å². The number of phosphoric acid groups is 1. The summed E-state index contributed by atoms with van der Waals surface area (Å²) in [4.78, 5) is 35.4. The summed E-state index contributed by atoms with van der Waals surface area (Å²) in [6, 6.07) is 0. The third-order valence-electron chi connectivity index (χ3n) is 17.7. The largest absolute Gasteiger partial charge is 0.472 e. The van der Waals surface area contributed by atoms with Gasteiger partial charge in [0.25, 0.3) is 0 Å². The smallest absolute Gasteiger partial charge is 0.462 e. The van der Waals surface area contributed by atoms with Gasteiger partial charge < -0.3 is 20.1 Å². The van der Waals surface area contributed by atoms with Crippen LogP contribution in [0.1, 0.15) is 412 Å². The fraction of sp³-hybridized carbons (Fsp3) is 0.873. The van der Waals surface area contributed by atoms with E-state index in [0.717, 1.165) is 57.8 Å². The van der Waals surface area contributed by atoms with Gasteiger partial charge in [-0.3, -0.25) is 18.6 Å². The summed E-state index contributed by atoms with van der Waals surface area (Å²) >= 11 is 0. The molecule has 89 heavy (non-hydrogen) atoms. The summed E-state index contributed by atoms with van der Waals surface area (Å²) in [7, 11) is -4.39. The molecule has 2 atom stereocenters. The summed E-state index contributed by atoms with van der Waals surface area (Å²) < 4.78 is 33.3. The number of rotatable bonds is 75. The second kappa shape index (κ2) is 75.0. The predicted octanol–water partition coefficient (Wildman–Crippen LogP) is 26.0. The van der Waals surface area contributed by atoms with Crippen molar-refractivity contribution in [2.45, 2.75) is 418 Å². The summed E-state index contributed by atoms with van der Waals surface area (Å²) in [6.07, 6.45) is 96.8. The zero-order chi connectivity index (χ0) is 64.4. The predicted molar refractivity (Wildman–Crippen MR) is 386 cm³/mol. The van der Waals surface area contributed by atoms with Crippen molar-refractivity contribution < 1.29 is 37.6 Å². The molecule has 0 saturated heterocycles. The van der Waals surface area contributed by atoms with Crippen LogP contribution in [0.5, 0.6) is 0 Å². The second-order valence-corrected chi connectivity index (χ2v) is 28.0. The Morgan fingerprint density at radius 1 is 0.348 bits per heavy atom. The SMILES string of the molecule is CC/C=C\C/C=C\C/C=C\C/C=C\CCCCCCCCCCCCCCCCCCCCCCCCCCCCCCC(=O)OC(COC(=O)CCCCCCCCCCCCCCCCCCCCCCCCCCCCC)COP(=O)(O)OCCN. The standard InChI is InChI=1S/C79H150NO8P/c1-3-5-7-9-11-13-15-17-19-21-23-25-27-29-31-32-33-34-35-36-37-38-39-40-41-42-43-44-46-48-50-52-54-56-58-60-62-64-66-68-70-72-79(82)88-77(76-87-89(83,84)86-74-73-80)75-85-78(81)71-69-67-65-63-61-59-57-55-53-51-49-47-45-30-28-26-24-22-20-18-16-14-12-10-8-6-4-2/h5,7,11,13,17,19,23,25,77H,3-4,6,8-10,12,14-16,18,20-22,24,26-76,80H2,1-2H3,(H,83,84)/b7-5-,13-11-,19-17-,25-23-. The number of unbranched alkanes of at least 4 members (excludes halogenated alkanes) is 54. The van der Waals surface area contributed by atoms with Crippen molar-refractivity contribution in [3.63, 3.8) is 0 Å². The van der Waals surface area contributed by atoms with Crippen LogP contribution in [-0.2, 0) is 32.7 Å². The Morgan fingerprint density at radius 2 is 0.618 bits per heavy atom. The average molecular weight is 1270 g/mol. The molecule has 0 aromatic rings. The minimum atomic E-state index is -4.39. The van der Waals surface area contributed by atoms with Crippen molar-refractivity contribution in [1.82, 2.24) is 0 Å². The van der Waals surface area contributed by atoms with E-state index < -0.39 is 26.5 Å².